The summed E-state index contributed by atoms with van der Waals surface area (Å²) in [4.78, 5) is 34.7. The summed E-state index contributed by atoms with van der Waals surface area (Å²) in [5.41, 5.74) is 1.94. The molecule has 0 spiro atoms. The number of benzene rings is 1. The van der Waals surface area contributed by atoms with Crippen molar-refractivity contribution in [3.63, 3.8) is 0 Å². The highest BCUT2D eigenvalue weighted by Gasteiger charge is 2.28. The molecule has 124 valence electrons. The SMILES string of the molecule is Cc1cnc(C(=O)N2CCC(C(=O)Nc3ccccc3)CC2)cn1. The van der Waals surface area contributed by atoms with Crippen LogP contribution >= 0.6 is 0 Å². The lowest BCUT2D eigenvalue weighted by Gasteiger charge is -2.31. The van der Waals surface area contributed by atoms with Gasteiger partial charge in [0.05, 0.1) is 11.9 Å². The monoisotopic (exact) mass is 324 g/mol. The minimum Gasteiger partial charge on any atom is -0.337 e. The molecule has 1 aliphatic rings. The maximum absolute atomic E-state index is 12.4. The predicted molar refractivity (Wildman–Crippen MR) is 90.5 cm³/mol. The molecule has 1 aliphatic heterocycles. The van der Waals surface area contributed by atoms with Gasteiger partial charge in [-0.3, -0.25) is 14.6 Å². The summed E-state index contributed by atoms with van der Waals surface area (Å²) in [6, 6.07) is 9.42. The number of piperidine rings is 1. The Bertz CT molecular complexity index is 708. The van der Waals surface area contributed by atoms with Crippen molar-refractivity contribution >= 4 is 17.5 Å². The molecule has 0 aliphatic carbocycles. The molecule has 6 nitrogen and oxygen atoms in total. The molecule has 1 fully saturated rings. The highest BCUT2D eigenvalue weighted by molar-refractivity contribution is 5.94. The van der Waals surface area contributed by atoms with E-state index in [9.17, 15) is 9.59 Å². The summed E-state index contributed by atoms with van der Waals surface area (Å²) < 4.78 is 0. The summed E-state index contributed by atoms with van der Waals surface area (Å²) in [5.74, 6) is -0.175. The molecule has 2 heterocycles. The van der Waals surface area contributed by atoms with Gasteiger partial charge < -0.3 is 10.2 Å². The van der Waals surface area contributed by atoms with Crippen LogP contribution in [0.1, 0.15) is 29.0 Å². The van der Waals surface area contributed by atoms with E-state index in [2.05, 4.69) is 15.3 Å². The van der Waals surface area contributed by atoms with Crippen molar-refractivity contribution in [1.29, 1.82) is 0 Å². The van der Waals surface area contributed by atoms with E-state index >= 15 is 0 Å². The van der Waals surface area contributed by atoms with Gasteiger partial charge >= 0.3 is 0 Å². The topological polar surface area (TPSA) is 75.2 Å². The normalized spacial score (nSPS) is 15.1. The van der Waals surface area contributed by atoms with Crippen molar-refractivity contribution in [3.05, 3.63) is 54.1 Å². The molecular formula is C18H20N4O2. The second kappa shape index (κ2) is 7.21. The number of para-hydroxylation sites is 1. The molecule has 0 atom stereocenters. The van der Waals surface area contributed by atoms with Gasteiger partial charge in [0.25, 0.3) is 5.91 Å². The number of carbonyl (C=O) groups is 2. The lowest BCUT2D eigenvalue weighted by Crippen LogP contribution is -2.41. The van der Waals surface area contributed by atoms with Gasteiger partial charge in [-0.1, -0.05) is 18.2 Å². The van der Waals surface area contributed by atoms with Gasteiger partial charge in [0.15, 0.2) is 0 Å². The Morgan fingerprint density at radius 2 is 1.79 bits per heavy atom. The first kappa shape index (κ1) is 16.1. The largest absolute Gasteiger partial charge is 0.337 e. The molecule has 0 unspecified atom stereocenters. The Labute approximate surface area is 140 Å². The second-order valence-corrected chi connectivity index (χ2v) is 5.96. The molecule has 1 N–H and O–H groups in total. The van der Waals surface area contributed by atoms with Gasteiger partial charge in [-0.25, -0.2) is 4.98 Å². The molecule has 24 heavy (non-hydrogen) atoms. The number of hydrogen-bond donors (Lipinski definition) is 1. The number of rotatable bonds is 3. The lowest BCUT2D eigenvalue weighted by molar-refractivity contribution is -0.121. The molecule has 1 aromatic heterocycles. The zero-order valence-electron chi connectivity index (χ0n) is 13.6. The Balaban J connectivity index is 1.54. The van der Waals surface area contributed by atoms with Crippen LogP contribution in [0.15, 0.2) is 42.7 Å². The second-order valence-electron chi connectivity index (χ2n) is 5.96. The number of aryl methyl sites for hydroxylation is 1. The quantitative estimate of drug-likeness (QED) is 0.940. The Morgan fingerprint density at radius 1 is 1.08 bits per heavy atom. The Morgan fingerprint density at radius 3 is 2.42 bits per heavy atom. The van der Waals surface area contributed by atoms with Gasteiger partial charge in [-0.05, 0) is 31.9 Å². The number of anilines is 1. The highest BCUT2D eigenvalue weighted by Crippen LogP contribution is 2.20. The van der Waals surface area contributed by atoms with E-state index in [-0.39, 0.29) is 17.7 Å². The molecule has 1 aromatic carbocycles. The van der Waals surface area contributed by atoms with Crippen molar-refractivity contribution in [2.75, 3.05) is 18.4 Å². The third-order valence-corrected chi connectivity index (χ3v) is 4.19. The van der Waals surface area contributed by atoms with Crippen molar-refractivity contribution in [3.8, 4) is 0 Å². The van der Waals surface area contributed by atoms with E-state index in [0.717, 1.165) is 11.4 Å². The van der Waals surface area contributed by atoms with Gasteiger partial charge in [0.2, 0.25) is 5.91 Å². The molecule has 0 saturated carbocycles. The van der Waals surface area contributed by atoms with Crippen molar-refractivity contribution < 1.29 is 9.59 Å². The third-order valence-electron chi connectivity index (χ3n) is 4.19. The summed E-state index contributed by atoms with van der Waals surface area (Å²) in [7, 11) is 0. The van der Waals surface area contributed by atoms with Crippen molar-refractivity contribution in [2.45, 2.75) is 19.8 Å². The molecule has 2 amide bonds. The maximum Gasteiger partial charge on any atom is 0.274 e. The third kappa shape index (κ3) is 3.76. The van der Waals surface area contributed by atoms with E-state index in [0.29, 0.717) is 31.6 Å². The molecular weight excluding hydrogens is 304 g/mol. The molecule has 0 radical (unpaired) electrons. The van der Waals surface area contributed by atoms with E-state index in [1.165, 1.54) is 6.20 Å². The molecule has 3 rings (SSSR count). The average molecular weight is 324 g/mol. The minimum atomic E-state index is -0.121. The number of likely N-dealkylation sites (tertiary alicyclic amines) is 1. The van der Waals surface area contributed by atoms with E-state index in [1.54, 1.807) is 11.1 Å². The first-order valence-electron chi connectivity index (χ1n) is 8.07. The summed E-state index contributed by atoms with van der Waals surface area (Å²) >= 11 is 0. The molecule has 2 aromatic rings. The number of nitrogens with one attached hydrogen (secondary N) is 1. The number of nitrogens with zero attached hydrogens (tertiary/aromatic N) is 3. The number of hydrogen-bond acceptors (Lipinski definition) is 4. The van der Waals surface area contributed by atoms with Crippen LogP contribution in [-0.2, 0) is 4.79 Å². The van der Waals surface area contributed by atoms with E-state index < -0.39 is 0 Å². The van der Waals surface area contributed by atoms with Crippen molar-refractivity contribution in [1.82, 2.24) is 14.9 Å². The first-order chi connectivity index (χ1) is 11.6. The van der Waals surface area contributed by atoms with Gasteiger partial charge in [0, 0.05) is 30.9 Å². The van der Waals surface area contributed by atoms with Gasteiger partial charge in [0.1, 0.15) is 5.69 Å². The smallest absolute Gasteiger partial charge is 0.274 e. The van der Waals surface area contributed by atoms with Crippen molar-refractivity contribution in [2.24, 2.45) is 5.92 Å². The zero-order valence-corrected chi connectivity index (χ0v) is 13.6. The molecule has 1 saturated heterocycles. The highest BCUT2D eigenvalue weighted by atomic mass is 16.2. The molecule has 6 heteroatoms. The van der Waals surface area contributed by atoms with Gasteiger partial charge in [-0.15, -0.1) is 0 Å². The zero-order chi connectivity index (χ0) is 16.9. The lowest BCUT2D eigenvalue weighted by atomic mass is 9.95. The van der Waals surface area contributed by atoms with E-state index in [4.69, 9.17) is 0 Å². The standard InChI is InChI=1S/C18H20N4O2/c1-13-11-20-16(12-19-13)18(24)22-9-7-14(8-10-22)17(23)21-15-5-3-2-4-6-15/h2-6,11-12,14H,7-10H2,1H3,(H,21,23). The van der Waals surface area contributed by atoms with Crippen LogP contribution < -0.4 is 5.32 Å². The fourth-order valence-electron chi connectivity index (χ4n) is 2.78. The summed E-state index contributed by atoms with van der Waals surface area (Å²) in [6.07, 6.45) is 4.41. The summed E-state index contributed by atoms with van der Waals surface area (Å²) in [5, 5.41) is 2.93. The fourth-order valence-corrected chi connectivity index (χ4v) is 2.78. The minimum absolute atomic E-state index is 0.0171. The number of amides is 2. The number of aromatic nitrogens is 2. The first-order valence-corrected chi connectivity index (χ1v) is 8.07. The predicted octanol–water partition coefficient (Wildman–Crippen LogP) is 2.28. The van der Waals surface area contributed by atoms with Gasteiger partial charge in [-0.2, -0.15) is 0 Å². The van der Waals surface area contributed by atoms with Crippen LogP contribution in [-0.4, -0.2) is 39.8 Å². The van der Waals surface area contributed by atoms with Crippen LogP contribution in [0.5, 0.6) is 0 Å². The number of carbonyl (C=O) groups excluding carboxylic acids is 2. The Kier molecular flexibility index (Phi) is 4.84. The maximum atomic E-state index is 12.4. The van der Waals surface area contributed by atoms with Crippen LogP contribution in [0, 0.1) is 12.8 Å². The van der Waals surface area contributed by atoms with Crippen LogP contribution in [0.3, 0.4) is 0 Å². The van der Waals surface area contributed by atoms with Crippen LogP contribution in [0.2, 0.25) is 0 Å². The van der Waals surface area contributed by atoms with Crippen LogP contribution in [0.4, 0.5) is 5.69 Å². The fraction of sp³-hybridized carbons (Fsp3) is 0.333. The average Bonchev–Trinajstić information content (AvgIpc) is 2.63. The molecule has 0 bridgehead atoms. The summed E-state index contributed by atoms with van der Waals surface area (Å²) in [6.45, 7) is 2.95. The Hall–Kier alpha value is -2.76. The van der Waals surface area contributed by atoms with Crippen LogP contribution in [0.25, 0.3) is 0 Å². The van der Waals surface area contributed by atoms with E-state index in [1.807, 2.05) is 37.3 Å².